The summed E-state index contributed by atoms with van der Waals surface area (Å²) in [6, 6.07) is 12.8. The molecule has 28 heavy (non-hydrogen) atoms. The van der Waals surface area contributed by atoms with Crippen molar-refractivity contribution in [3.63, 3.8) is 0 Å². The number of nitrogens with zero attached hydrogens (tertiary/aromatic N) is 2. The van der Waals surface area contributed by atoms with Gasteiger partial charge in [0, 0.05) is 17.1 Å². The molecule has 2 N–H and O–H groups in total. The molecule has 0 amide bonds. The normalized spacial score (nSPS) is 11.6. The molecule has 0 radical (unpaired) electrons. The average Bonchev–Trinajstić information content (AvgIpc) is 3.16. The molecule has 4 aromatic rings. The van der Waals surface area contributed by atoms with Crippen LogP contribution in [0.1, 0.15) is 0 Å². The second-order valence-corrected chi connectivity index (χ2v) is 8.33. The quantitative estimate of drug-likeness (QED) is 0.509. The molecule has 142 valence electrons. The van der Waals surface area contributed by atoms with Gasteiger partial charge in [0.15, 0.2) is 0 Å². The smallest absolute Gasteiger partial charge is 0.291 e. The van der Waals surface area contributed by atoms with Gasteiger partial charge < -0.3 is 4.98 Å². The van der Waals surface area contributed by atoms with Crippen molar-refractivity contribution in [3.05, 3.63) is 81.3 Å². The summed E-state index contributed by atoms with van der Waals surface area (Å²) in [4.78, 5) is 15.2. The lowest BCUT2D eigenvalue weighted by atomic mass is 10.2. The lowest BCUT2D eigenvalue weighted by Gasteiger charge is -2.10. The third-order valence-corrected chi connectivity index (χ3v) is 6.24. The largest absolute Gasteiger partial charge is 0.361 e. The van der Waals surface area contributed by atoms with E-state index in [-0.39, 0.29) is 14.9 Å². The van der Waals surface area contributed by atoms with Crippen LogP contribution >= 0.6 is 23.2 Å². The van der Waals surface area contributed by atoms with Gasteiger partial charge in [-0.05, 0) is 42.5 Å². The van der Waals surface area contributed by atoms with Gasteiger partial charge in [0.2, 0.25) is 0 Å². The Bertz CT molecular complexity index is 1350. The molecule has 7 nitrogen and oxygen atoms in total. The van der Waals surface area contributed by atoms with E-state index in [9.17, 15) is 13.2 Å². The molecule has 0 spiro atoms. The fourth-order valence-electron chi connectivity index (χ4n) is 2.74. The first kappa shape index (κ1) is 18.5. The Morgan fingerprint density at radius 3 is 2.54 bits per heavy atom. The third-order valence-electron chi connectivity index (χ3n) is 4.11. The van der Waals surface area contributed by atoms with Crippen LogP contribution in [0, 0.1) is 0 Å². The van der Waals surface area contributed by atoms with E-state index in [1.807, 2.05) is 6.07 Å². The average molecular weight is 435 g/mol. The van der Waals surface area contributed by atoms with Crippen LogP contribution in [0.3, 0.4) is 0 Å². The van der Waals surface area contributed by atoms with Crippen molar-refractivity contribution in [1.82, 2.24) is 14.8 Å². The number of fused-ring (bicyclic) bond motifs is 1. The molecule has 0 fully saturated rings. The van der Waals surface area contributed by atoms with Crippen molar-refractivity contribution < 1.29 is 8.42 Å². The fourth-order valence-corrected chi connectivity index (χ4v) is 4.07. The Morgan fingerprint density at radius 1 is 1.04 bits per heavy atom. The maximum absolute atomic E-state index is 12.7. The second kappa shape index (κ2) is 6.97. The Kier molecular flexibility index (Phi) is 4.62. The summed E-state index contributed by atoms with van der Waals surface area (Å²) in [5.41, 5.74) is 1.04. The maximum atomic E-state index is 12.7. The van der Waals surface area contributed by atoms with E-state index in [0.29, 0.717) is 11.4 Å². The number of anilines is 1. The van der Waals surface area contributed by atoms with Crippen LogP contribution in [-0.2, 0) is 10.0 Å². The summed E-state index contributed by atoms with van der Waals surface area (Å²) in [7, 11) is -3.83. The molecule has 0 unspecified atom stereocenters. The molecule has 2 heterocycles. The molecule has 0 saturated heterocycles. The summed E-state index contributed by atoms with van der Waals surface area (Å²) in [6.45, 7) is 0. The van der Waals surface area contributed by atoms with Crippen molar-refractivity contribution >= 4 is 49.8 Å². The number of hydrogen-bond donors (Lipinski definition) is 2. The third kappa shape index (κ3) is 3.26. The van der Waals surface area contributed by atoms with Gasteiger partial charge in [-0.3, -0.25) is 9.52 Å². The SMILES string of the molecule is O=c1c(Cl)c(Cl)cnn1-c1ccc(S(=O)(=O)Nc2cccc3[nH]ccc23)cc1. The highest BCUT2D eigenvalue weighted by molar-refractivity contribution is 7.92. The molecule has 2 aromatic heterocycles. The van der Waals surface area contributed by atoms with Crippen LogP contribution in [0.2, 0.25) is 10.0 Å². The molecule has 0 aliphatic carbocycles. The number of rotatable bonds is 4. The highest BCUT2D eigenvalue weighted by Gasteiger charge is 2.17. The topological polar surface area (TPSA) is 96.8 Å². The molecule has 0 saturated carbocycles. The number of nitrogens with one attached hydrogen (secondary N) is 2. The monoisotopic (exact) mass is 434 g/mol. The lowest BCUT2D eigenvalue weighted by molar-refractivity contribution is 0.601. The van der Waals surface area contributed by atoms with Crippen molar-refractivity contribution in [2.75, 3.05) is 4.72 Å². The van der Waals surface area contributed by atoms with Gasteiger partial charge >= 0.3 is 0 Å². The summed E-state index contributed by atoms with van der Waals surface area (Å²) in [5, 5.41) is 4.56. The van der Waals surface area contributed by atoms with E-state index < -0.39 is 15.6 Å². The van der Waals surface area contributed by atoms with Crippen LogP contribution in [-0.4, -0.2) is 23.2 Å². The highest BCUT2D eigenvalue weighted by Crippen LogP contribution is 2.25. The van der Waals surface area contributed by atoms with Crippen molar-refractivity contribution in [3.8, 4) is 5.69 Å². The minimum atomic E-state index is -3.83. The van der Waals surface area contributed by atoms with Crippen LogP contribution < -0.4 is 10.3 Å². The molecule has 0 atom stereocenters. The highest BCUT2D eigenvalue weighted by atomic mass is 35.5. The summed E-state index contributed by atoms with van der Waals surface area (Å²) >= 11 is 11.6. The van der Waals surface area contributed by atoms with Crippen LogP contribution in [0.25, 0.3) is 16.6 Å². The Hall–Kier alpha value is -2.81. The lowest BCUT2D eigenvalue weighted by Crippen LogP contribution is -2.21. The second-order valence-electron chi connectivity index (χ2n) is 5.87. The number of H-pyrrole nitrogens is 1. The summed E-state index contributed by atoms with van der Waals surface area (Å²) in [5.74, 6) is 0. The standard InChI is InChI=1S/C18H12Cl2N4O3S/c19-14-10-22-24(18(25)17(14)20)11-4-6-12(7-5-11)28(26,27)23-16-3-1-2-15-13(16)8-9-21-15/h1-10,21,23H. The zero-order chi connectivity index (χ0) is 19.9. The van der Waals surface area contributed by atoms with Crippen molar-refractivity contribution in [1.29, 1.82) is 0 Å². The first-order chi connectivity index (χ1) is 13.4. The van der Waals surface area contributed by atoms with Gasteiger partial charge in [-0.2, -0.15) is 9.78 Å². The van der Waals surface area contributed by atoms with E-state index in [1.165, 1.54) is 30.5 Å². The minimum absolute atomic E-state index is 0.0388. The molecular formula is C18H12Cl2N4O3S. The number of hydrogen-bond acceptors (Lipinski definition) is 4. The zero-order valence-electron chi connectivity index (χ0n) is 14.1. The molecule has 0 bridgehead atoms. The molecule has 4 rings (SSSR count). The number of aromatic amines is 1. The van der Waals surface area contributed by atoms with E-state index >= 15 is 0 Å². The van der Waals surface area contributed by atoms with Crippen LogP contribution in [0.5, 0.6) is 0 Å². The predicted octanol–water partition coefficient (Wildman–Crippen LogP) is 3.82. The first-order valence-electron chi connectivity index (χ1n) is 7.99. The number of aromatic nitrogens is 3. The number of halogens is 2. The van der Waals surface area contributed by atoms with Gasteiger partial charge in [0.25, 0.3) is 15.6 Å². The molecule has 2 aromatic carbocycles. The van der Waals surface area contributed by atoms with Gasteiger partial charge in [-0.1, -0.05) is 29.3 Å². The van der Waals surface area contributed by atoms with E-state index in [2.05, 4.69) is 14.8 Å². The Balaban J connectivity index is 1.67. The van der Waals surface area contributed by atoms with Crippen LogP contribution in [0.15, 0.2) is 70.6 Å². The molecular weight excluding hydrogens is 423 g/mol. The summed E-state index contributed by atoms with van der Waals surface area (Å²) < 4.78 is 29.1. The van der Waals surface area contributed by atoms with E-state index in [4.69, 9.17) is 23.2 Å². The Morgan fingerprint density at radius 2 is 1.79 bits per heavy atom. The predicted molar refractivity (Wildman–Crippen MR) is 109 cm³/mol. The van der Waals surface area contributed by atoms with Crippen LogP contribution in [0.4, 0.5) is 5.69 Å². The van der Waals surface area contributed by atoms with Gasteiger partial charge in [-0.25, -0.2) is 8.42 Å². The Labute approximate surface area is 169 Å². The maximum Gasteiger partial charge on any atom is 0.291 e. The first-order valence-corrected chi connectivity index (χ1v) is 10.2. The summed E-state index contributed by atoms with van der Waals surface area (Å²) in [6.07, 6.45) is 2.98. The van der Waals surface area contributed by atoms with Crippen molar-refractivity contribution in [2.45, 2.75) is 4.90 Å². The number of sulfonamides is 1. The fraction of sp³-hybridized carbons (Fsp3) is 0. The molecule has 10 heteroatoms. The van der Waals surface area contributed by atoms with Crippen molar-refractivity contribution in [2.24, 2.45) is 0 Å². The molecule has 0 aliphatic rings. The van der Waals surface area contributed by atoms with Gasteiger partial charge in [0.05, 0.1) is 27.5 Å². The van der Waals surface area contributed by atoms with Gasteiger partial charge in [-0.15, -0.1) is 0 Å². The van der Waals surface area contributed by atoms with E-state index in [0.717, 1.165) is 15.6 Å². The number of benzene rings is 2. The zero-order valence-corrected chi connectivity index (χ0v) is 16.4. The minimum Gasteiger partial charge on any atom is -0.361 e. The van der Waals surface area contributed by atoms with E-state index in [1.54, 1.807) is 24.4 Å². The molecule has 0 aliphatic heterocycles. The van der Waals surface area contributed by atoms with Gasteiger partial charge in [0.1, 0.15) is 5.02 Å².